The number of carboxylic acids is 1. The molecule has 0 aliphatic heterocycles. The third kappa shape index (κ3) is 3.75. The highest BCUT2D eigenvalue weighted by Gasteiger charge is 2.30. The molecule has 0 fully saturated rings. The first-order valence-corrected chi connectivity index (χ1v) is 8.03. The van der Waals surface area contributed by atoms with Crippen LogP contribution in [0.3, 0.4) is 0 Å². The Morgan fingerprint density at radius 2 is 1.95 bits per heavy atom. The van der Waals surface area contributed by atoms with Crippen LogP contribution in [0.2, 0.25) is 0 Å². The molecule has 1 rings (SSSR count). The first-order valence-electron chi connectivity index (χ1n) is 6.37. The van der Waals surface area contributed by atoms with Crippen LogP contribution >= 0.6 is 0 Å². The zero-order chi connectivity index (χ0) is 16.4. The summed E-state index contributed by atoms with van der Waals surface area (Å²) in [6.07, 6.45) is -2.22. The van der Waals surface area contributed by atoms with Crippen LogP contribution in [0.25, 0.3) is 0 Å². The summed E-state index contributed by atoms with van der Waals surface area (Å²) in [4.78, 5) is 14.0. The van der Waals surface area contributed by atoms with Crippen molar-refractivity contribution in [3.8, 4) is 0 Å². The van der Waals surface area contributed by atoms with Gasteiger partial charge in [-0.3, -0.25) is 4.98 Å². The molecule has 0 atom stereocenters. The van der Waals surface area contributed by atoms with Crippen LogP contribution in [0.15, 0.2) is 11.1 Å². The van der Waals surface area contributed by atoms with Crippen LogP contribution < -0.4 is 0 Å². The third-order valence-electron chi connectivity index (χ3n) is 2.91. The molecule has 0 aromatic carbocycles. The number of aromatic nitrogens is 1. The summed E-state index contributed by atoms with van der Waals surface area (Å²) in [6.45, 7) is 4.81. The molecule has 1 aromatic heterocycles. The summed E-state index contributed by atoms with van der Waals surface area (Å²) in [6, 6.07) is 0. The number of hydrogen-bond acceptors (Lipinski definition) is 4. The van der Waals surface area contributed by atoms with Gasteiger partial charge >= 0.3 is 5.97 Å². The molecular weight excluding hydrogens is 304 g/mol. The smallest absolute Gasteiger partial charge is 0.337 e. The van der Waals surface area contributed by atoms with Gasteiger partial charge in [0.2, 0.25) is 0 Å². The highest BCUT2D eigenvalue weighted by Crippen LogP contribution is 2.31. The second-order valence-corrected chi connectivity index (χ2v) is 7.19. The monoisotopic (exact) mass is 321 g/mol. The molecular formula is C13H17F2NO4S. The van der Waals surface area contributed by atoms with Crippen molar-refractivity contribution in [2.24, 2.45) is 5.92 Å². The van der Waals surface area contributed by atoms with Gasteiger partial charge in [0.05, 0.1) is 16.2 Å². The zero-order valence-corrected chi connectivity index (χ0v) is 12.7. The number of nitrogens with zero attached hydrogens (tertiary/aromatic N) is 1. The Kier molecular flexibility index (Phi) is 5.38. The fraction of sp³-hybridized carbons (Fsp3) is 0.538. The van der Waals surface area contributed by atoms with Gasteiger partial charge in [-0.2, -0.15) is 0 Å². The van der Waals surface area contributed by atoms with Crippen LogP contribution in [0.1, 0.15) is 48.8 Å². The topological polar surface area (TPSA) is 84.3 Å². The lowest BCUT2D eigenvalue weighted by Gasteiger charge is -2.17. The molecule has 21 heavy (non-hydrogen) atoms. The molecule has 1 N–H and O–H groups in total. The van der Waals surface area contributed by atoms with Gasteiger partial charge in [0.25, 0.3) is 6.43 Å². The van der Waals surface area contributed by atoms with Crippen molar-refractivity contribution in [1.29, 1.82) is 0 Å². The van der Waals surface area contributed by atoms with Gasteiger partial charge in [0.1, 0.15) is 5.69 Å². The van der Waals surface area contributed by atoms with E-state index >= 15 is 0 Å². The Labute approximate surface area is 121 Å². The standard InChI is InChI=1S/C13H17F2NO4S/c1-4-21(19,20)11-8(5-7(2)3)9(13(17)18)6-16-10(11)12(14)15/h6-7,12H,4-5H2,1-3H3,(H,17,18). The fourth-order valence-electron chi connectivity index (χ4n) is 1.99. The van der Waals surface area contributed by atoms with Crippen molar-refractivity contribution in [3.63, 3.8) is 0 Å². The summed E-state index contributed by atoms with van der Waals surface area (Å²) >= 11 is 0. The van der Waals surface area contributed by atoms with Gasteiger partial charge in [0, 0.05) is 6.20 Å². The van der Waals surface area contributed by atoms with E-state index in [1.165, 1.54) is 6.92 Å². The molecule has 5 nitrogen and oxygen atoms in total. The van der Waals surface area contributed by atoms with Crippen LogP contribution in [0, 0.1) is 5.92 Å². The van der Waals surface area contributed by atoms with Crippen molar-refractivity contribution >= 4 is 15.8 Å². The summed E-state index contributed by atoms with van der Waals surface area (Å²) in [5.74, 6) is -1.88. The first-order chi connectivity index (χ1) is 9.61. The van der Waals surface area contributed by atoms with E-state index in [1.54, 1.807) is 13.8 Å². The average molecular weight is 321 g/mol. The number of aromatic carboxylic acids is 1. The quantitative estimate of drug-likeness (QED) is 0.871. The molecule has 1 aromatic rings. The molecule has 0 bridgehead atoms. The number of carbonyl (C=O) groups is 1. The average Bonchev–Trinajstić information content (AvgIpc) is 2.36. The van der Waals surface area contributed by atoms with Crippen molar-refractivity contribution in [1.82, 2.24) is 4.98 Å². The predicted molar refractivity (Wildman–Crippen MR) is 72.4 cm³/mol. The van der Waals surface area contributed by atoms with Gasteiger partial charge < -0.3 is 5.11 Å². The number of carboxylic acid groups (broad SMARTS) is 1. The molecule has 118 valence electrons. The minimum atomic E-state index is -4.01. The second kappa shape index (κ2) is 6.46. The first kappa shape index (κ1) is 17.5. The minimum Gasteiger partial charge on any atom is -0.478 e. The molecule has 0 saturated carbocycles. The lowest BCUT2D eigenvalue weighted by Crippen LogP contribution is -2.18. The molecule has 0 spiro atoms. The van der Waals surface area contributed by atoms with E-state index in [0.29, 0.717) is 0 Å². The maximum Gasteiger partial charge on any atom is 0.337 e. The lowest BCUT2D eigenvalue weighted by molar-refractivity contribution is 0.0693. The largest absolute Gasteiger partial charge is 0.478 e. The maximum absolute atomic E-state index is 13.1. The van der Waals surface area contributed by atoms with E-state index in [1.807, 2.05) is 0 Å². The van der Waals surface area contributed by atoms with E-state index in [4.69, 9.17) is 5.11 Å². The number of halogens is 2. The van der Waals surface area contributed by atoms with Crippen molar-refractivity contribution in [2.45, 2.75) is 38.5 Å². The van der Waals surface area contributed by atoms with Crippen molar-refractivity contribution in [2.75, 3.05) is 5.75 Å². The van der Waals surface area contributed by atoms with Crippen molar-refractivity contribution < 1.29 is 27.1 Å². The van der Waals surface area contributed by atoms with E-state index < -0.39 is 38.6 Å². The molecule has 0 amide bonds. The van der Waals surface area contributed by atoms with Gasteiger partial charge in [-0.15, -0.1) is 0 Å². The maximum atomic E-state index is 13.1. The summed E-state index contributed by atoms with van der Waals surface area (Å²) in [7, 11) is -4.01. The van der Waals surface area contributed by atoms with Gasteiger partial charge in [-0.05, 0) is 17.9 Å². The van der Waals surface area contributed by atoms with E-state index in [2.05, 4.69) is 4.98 Å². The Morgan fingerprint density at radius 3 is 2.33 bits per heavy atom. The summed E-state index contributed by atoms with van der Waals surface area (Å²) < 4.78 is 50.4. The van der Waals surface area contributed by atoms with Crippen LogP contribution in [0.4, 0.5) is 8.78 Å². The van der Waals surface area contributed by atoms with Crippen LogP contribution in [-0.4, -0.2) is 30.2 Å². The Balaban J connectivity index is 3.81. The van der Waals surface area contributed by atoms with Gasteiger partial charge in [-0.25, -0.2) is 22.0 Å². The highest BCUT2D eigenvalue weighted by molar-refractivity contribution is 7.91. The zero-order valence-electron chi connectivity index (χ0n) is 11.9. The van der Waals surface area contributed by atoms with Crippen LogP contribution in [-0.2, 0) is 16.3 Å². The normalized spacial score (nSPS) is 12.1. The number of alkyl halides is 2. The molecule has 0 aliphatic carbocycles. The summed E-state index contributed by atoms with van der Waals surface area (Å²) in [5.41, 5.74) is -1.32. The molecule has 0 saturated heterocycles. The minimum absolute atomic E-state index is 0.0679. The fourth-order valence-corrected chi connectivity index (χ4v) is 3.31. The van der Waals surface area contributed by atoms with Crippen LogP contribution in [0.5, 0.6) is 0 Å². The van der Waals surface area contributed by atoms with Gasteiger partial charge in [-0.1, -0.05) is 20.8 Å². The Hall–Kier alpha value is -1.57. The van der Waals surface area contributed by atoms with E-state index in [9.17, 15) is 22.0 Å². The number of sulfone groups is 1. The third-order valence-corrected chi connectivity index (χ3v) is 4.74. The SMILES string of the molecule is CCS(=O)(=O)c1c(C(F)F)ncc(C(=O)O)c1CC(C)C. The lowest BCUT2D eigenvalue weighted by atomic mass is 9.98. The predicted octanol–water partition coefficient (Wildman–Crippen LogP) is 2.71. The van der Waals surface area contributed by atoms with E-state index in [0.717, 1.165) is 6.20 Å². The Bertz CT molecular complexity index is 642. The molecule has 0 aliphatic rings. The number of hydrogen-bond donors (Lipinski definition) is 1. The number of rotatable bonds is 6. The molecule has 1 heterocycles. The van der Waals surface area contributed by atoms with E-state index in [-0.39, 0.29) is 23.5 Å². The molecule has 0 unspecified atom stereocenters. The number of pyridine rings is 1. The Morgan fingerprint density at radius 1 is 1.38 bits per heavy atom. The van der Waals surface area contributed by atoms with Gasteiger partial charge in [0.15, 0.2) is 9.84 Å². The molecule has 8 heteroatoms. The summed E-state index contributed by atoms with van der Waals surface area (Å²) in [5, 5.41) is 9.15. The molecule has 0 radical (unpaired) electrons. The highest BCUT2D eigenvalue weighted by atomic mass is 32.2. The van der Waals surface area contributed by atoms with Crippen molar-refractivity contribution in [3.05, 3.63) is 23.0 Å². The second-order valence-electron chi connectivity index (χ2n) is 4.97.